The normalized spacial score (nSPS) is 19.6. The minimum atomic E-state index is -0.603. The Labute approximate surface area is 171 Å². The molecule has 1 aromatic rings. The Kier molecular flexibility index (Phi) is 6.87. The average Bonchev–Trinajstić information content (AvgIpc) is 2.82. The van der Waals surface area contributed by atoms with E-state index in [-0.39, 0.29) is 24.2 Å². The highest BCUT2D eigenvalue weighted by molar-refractivity contribution is 5.85. The fourth-order valence-electron chi connectivity index (χ4n) is 3.07. The van der Waals surface area contributed by atoms with Crippen LogP contribution in [0.3, 0.4) is 0 Å². The standard InChI is InChI=1S/C21H31N3O5/c1-20(2,3)28-18(26)23-15-11-13(16(25)12-15)10-14-8-7-9-17(22-14)24-19(27)29-21(4,5)6/h7-9,13,15H,10-12H2,1-6H3,(H,23,26)(H,22,24,27)/t13?,15-/m0/s1. The predicted octanol–water partition coefficient (Wildman–Crippen LogP) is 3.84. The molecule has 2 amide bonds. The molecule has 1 aliphatic rings. The molecule has 1 aliphatic carbocycles. The van der Waals surface area contributed by atoms with Crippen molar-refractivity contribution < 1.29 is 23.9 Å². The number of carbonyl (C=O) groups is 3. The maximum atomic E-state index is 12.4. The van der Waals surface area contributed by atoms with Gasteiger partial charge in [0.1, 0.15) is 22.8 Å². The summed E-state index contributed by atoms with van der Waals surface area (Å²) in [6.45, 7) is 10.7. The van der Waals surface area contributed by atoms with E-state index in [0.717, 1.165) is 0 Å². The zero-order chi connectivity index (χ0) is 21.8. The van der Waals surface area contributed by atoms with E-state index in [1.54, 1.807) is 53.7 Å². The van der Waals surface area contributed by atoms with E-state index in [1.165, 1.54) is 0 Å². The Hall–Kier alpha value is -2.64. The van der Waals surface area contributed by atoms with Crippen molar-refractivity contribution in [3.05, 3.63) is 23.9 Å². The van der Waals surface area contributed by atoms with Gasteiger partial charge in [0.2, 0.25) is 0 Å². The molecule has 2 N–H and O–H groups in total. The van der Waals surface area contributed by atoms with Crippen molar-refractivity contribution >= 4 is 23.8 Å². The Morgan fingerprint density at radius 2 is 1.69 bits per heavy atom. The van der Waals surface area contributed by atoms with Gasteiger partial charge in [0.05, 0.1) is 0 Å². The van der Waals surface area contributed by atoms with Crippen molar-refractivity contribution in [2.75, 3.05) is 5.32 Å². The SMILES string of the molecule is CC(C)(C)OC(=O)Nc1cccc(CC2C[C@H](NC(=O)OC(C)(C)C)CC2=O)n1. The number of aromatic nitrogens is 1. The molecule has 1 unspecified atom stereocenters. The zero-order valence-corrected chi connectivity index (χ0v) is 18.0. The van der Waals surface area contributed by atoms with Crippen molar-refractivity contribution in [3.63, 3.8) is 0 Å². The molecule has 0 aromatic carbocycles. The van der Waals surface area contributed by atoms with Gasteiger partial charge in [-0.25, -0.2) is 14.6 Å². The molecule has 1 saturated carbocycles. The Bertz CT molecular complexity index is 764. The van der Waals surface area contributed by atoms with Gasteiger partial charge in [-0.1, -0.05) is 6.07 Å². The number of pyridine rings is 1. The summed E-state index contributed by atoms with van der Waals surface area (Å²) in [5, 5.41) is 5.37. The maximum absolute atomic E-state index is 12.4. The highest BCUT2D eigenvalue weighted by atomic mass is 16.6. The smallest absolute Gasteiger partial charge is 0.413 e. The predicted molar refractivity (Wildman–Crippen MR) is 109 cm³/mol. The van der Waals surface area contributed by atoms with Crippen LogP contribution in [-0.2, 0) is 20.7 Å². The van der Waals surface area contributed by atoms with Crippen LogP contribution in [-0.4, -0.2) is 40.2 Å². The summed E-state index contributed by atoms with van der Waals surface area (Å²) in [4.78, 5) is 40.6. The van der Waals surface area contributed by atoms with E-state index in [4.69, 9.17) is 9.47 Å². The van der Waals surface area contributed by atoms with E-state index in [1.807, 2.05) is 6.07 Å². The molecule has 2 atom stereocenters. The third kappa shape index (κ3) is 8.09. The molecule has 0 bridgehead atoms. The second-order valence-corrected chi connectivity index (χ2v) is 9.29. The lowest BCUT2D eigenvalue weighted by Gasteiger charge is -2.21. The first-order chi connectivity index (χ1) is 13.3. The Balaban J connectivity index is 1.92. The largest absolute Gasteiger partial charge is 0.444 e. The fraction of sp³-hybridized carbons (Fsp3) is 0.619. The summed E-state index contributed by atoms with van der Waals surface area (Å²) < 4.78 is 10.5. The number of alkyl carbamates (subject to hydrolysis) is 1. The summed E-state index contributed by atoms with van der Waals surface area (Å²) in [5.41, 5.74) is -0.499. The van der Waals surface area contributed by atoms with E-state index < -0.39 is 23.4 Å². The van der Waals surface area contributed by atoms with Gasteiger partial charge in [0.25, 0.3) is 0 Å². The van der Waals surface area contributed by atoms with Crippen LogP contribution in [0.5, 0.6) is 0 Å². The molecular weight excluding hydrogens is 374 g/mol. The highest BCUT2D eigenvalue weighted by Crippen LogP contribution is 2.26. The summed E-state index contributed by atoms with van der Waals surface area (Å²) in [5.74, 6) is 0.211. The third-order valence-electron chi connectivity index (χ3n) is 4.08. The van der Waals surface area contributed by atoms with Gasteiger partial charge in [0, 0.05) is 24.1 Å². The minimum Gasteiger partial charge on any atom is -0.444 e. The fourth-order valence-corrected chi connectivity index (χ4v) is 3.07. The summed E-state index contributed by atoms with van der Waals surface area (Å²) in [6, 6.07) is 4.99. The quantitative estimate of drug-likeness (QED) is 0.788. The number of Topliss-reactive ketones (excluding diaryl/α,β-unsaturated/α-hetero) is 1. The summed E-state index contributed by atoms with van der Waals surface area (Å²) in [7, 11) is 0. The van der Waals surface area contributed by atoms with Gasteiger partial charge in [-0.3, -0.25) is 10.1 Å². The number of rotatable bonds is 4. The Morgan fingerprint density at radius 1 is 1.07 bits per heavy atom. The maximum Gasteiger partial charge on any atom is 0.413 e. The third-order valence-corrected chi connectivity index (χ3v) is 4.08. The first-order valence-electron chi connectivity index (χ1n) is 9.79. The first kappa shape index (κ1) is 22.6. The number of anilines is 1. The number of ether oxygens (including phenoxy) is 2. The van der Waals surface area contributed by atoms with Crippen LogP contribution in [0.1, 0.15) is 60.1 Å². The monoisotopic (exact) mass is 405 g/mol. The van der Waals surface area contributed by atoms with Crippen LogP contribution in [0.2, 0.25) is 0 Å². The van der Waals surface area contributed by atoms with Crippen LogP contribution in [0.15, 0.2) is 18.2 Å². The first-order valence-corrected chi connectivity index (χ1v) is 9.79. The molecular formula is C21H31N3O5. The van der Waals surface area contributed by atoms with E-state index in [0.29, 0.717) is 24.4 Å². The van der Waals surface area contributed by atoms with Crippen molar-refractivity contribution in [1.82, 2.24) is 10.3 Å². The molecule has 2 rings (SSSR count). The number of carbonyl (C=O) groups excluding carboxylic acids is 3. The molecule has 8 heteroatoms. The van der Waals surface area contributed by atoms with Crippen LogP contribution in [0.25, 0.3) is 0 Å². The number of ketones is 1. The van der Waals surface area contributed by atoms with E-state index in [2.05, 4.69) is 15.6 Å². The molecule has 8 nitrogen and oxygen atoms in total. The van der Waals surface area contributed by atoms with Gasteiger partial charge in [-0.2, -0.15) is 0 Å². The minimum absolute atomic E-state index is 0.0818. The van der Waals surface area contributed by atoms with Crippen molar-refractivity contribution in [2.45, 2.75) is 78.0 Å². The molecule has 0 saturated heterocycles. The summed E-state index contributed by atoms with van der Waals surface area (Å²) in [6.07, 6.45) is 0.150. The zero-order valence-electron chi connectivity index (χ0n) is 18.0. The molecule has 1 heterocycles. The molecule has 0 spiro atoms. The van der Waals surface area contributed by atoms with Crippen LogP contribution >= 0.6 is 0 Å². The number of nitrogens with one attached hydrogen (secondary N) is 2. The summed E-state index contributed by atoms with van der Waals surface area (Å²) >= 11 is 0. The number of hydrogen-bond donors (Lipinski definition) is 2. The van der Waals surface area contributed by atoms with Gasteiger partial charge in [-0.15, -0.1) is 0 Å². The molecule has 29 heavy (non-hydrogen) atoms. The number of amides is 2. The van der Waals surface area contributed by atoms with E-state index in [9.17, 15) is 14.4 Å². The van der Waals surface area contributed by atoms with Crippen molar-refractivity contribution in [2.24, 2.45) is 5.92 Å². The van der Waals surface area contributed by atoms with Crippen molar-refractivity contribution in [1.29, 1.82) is 0 Å². The molecule has 0 aliphatic heterocycles. The van der Waals surface area contributed by atoms with Gasteiger partial charge in [-0.05, 0) is 66.5 Å². The van der Waals surface area contributed by atoms with Gasteiger partial charge < -0.3 is 14.8 Å². The highest BCUT2D eigenvalue weighted by Gasteiger charge is 2.34. The molecule has 160 valence electrons. The van der Waals surface area contributed by atoms with E-state index >= 15 is 0 Å². The Morgan fingerprint density at radius 3 is 2.31 bits per heavy atom. The van der Waals surface area contributed by atoms with Crippen LogP contribution in [0.4, 0.5) is 15.4 Å². The number of hydrogen-bond acceptors (Lipinski definition) is 6. The molecule has 1 fully saturated rings. The van der Waals surface area contributed by atoms with Gasteiger partial charge >= 0.3 is 12.2 Å². The lowest BCUT2D eigenvalue weighted by Crippen LogP contribution is -2.38. The average molecular weight is 405 g/mol. The second-order valence-electron chi connectivity index (χ2n) is 9.29. The van der Waals surface area contributed by atoms with Crippen LogP contribution in [0, 0.1) is 5.92 Å². The van der Waals surface area contributed by atoms with Crippen LogP contribution < -0.4 is 10.6 Å². The number of nitrogens with zero attached hydrogens (tertiary/aromatic N) is 1. The lowest BCUT2D eigenvalue weighted by atomic mass is 10.00. The van der Waals surface area contributed by atoms with Gasteiger partial charge in [0.15, 0.2) is 0 Å². The molecule has 0 radical (unpaired) electrons. The van der Waals surface area contributed by atoms with Crippen molar-refractivity contribution in [3.8, 4) is 0 Å². The second kappa shape index (κ2) is 8.80. The topological polar surface area (TPSA) is 107 Å². The molecule has 1 aromatic heterocycles. The lowest BCUT2D eigenvalue weighted by molar-refractivity contribution is -0.120.